The van der Waals surface area contributed by atoms with E-state index in [9.17, 15) is 0 Å². The Balaban J connectivity index is 2.16. The summed E-state index contributed by atoms with van der Waals surface area (Å²) >= 11 is 5.96. The molecule has 1 heterocycles. The Kier molecular flexibility index (Phi) is 3.25. The number of nitriles is 1. The number of hydrogen-bond donors (Lipinski definition) is 0. The van der Waals surface area contributed by atoms with Crippen LogP contribution in [-0.2, 0) is 0 Å². The molecule has 1 aliphatic rings. The SMILES string of the molecule is CN(CCC#N)c1cc(Cl)nc(C2CC2)n1. The highest BCUT2D eigenvalue weighted by molar-refractivity contribution is 6.29. The predicted molar refractivity (Wildman–Crippen MR) is 62.5 cm³/mol. The Morgan fingerprint density at radius 2 is 2.31 bits per heavy atom. The Morgan fingerprint density at radius 1 is 1.56 bits per heavy atom. The van der Waals surface area contributed by atoms with Crippen LogP contribution in [0, 0.1) is 11.3 Å². The molecule has 0 saturated heterocycles. The van der Waals surface area contributed by atoms with Crippen LogP contribution in [0.25, 0.3) is 0 Å². The van der Waals surface area contributed by atoms with E-state index < -0.39 is 0 Å². The van der Waals surface area contributed by atoms with E-state index in [2.05, 4.69) is 16.0 Å². The average molecular weight is 237 g/mol. The third kappa shape index (κ3) is 2.61. The molecule has 1 fully saturated rings. The van der Waals surface area contributed by atoms with Crippen LogP contribution >= 0.6 is 11.6 Å². The van der Waals surface area contributed by atoms with Crippen LogP contribution in [0.15, 0.2) is 6.07 Å². The first kappa shape index (κ1) is 11.2. The van der Waals surface area contributed by atoms with Crippen LogP contribution in [0.5, 0.6) is 0 Å². The molecule has 1 aliphatic carbocycles. The molecule has 84 valence electrons. The van der Waals surface area contributed by atoms with Crippen LogP contribution < -0.4 is 4.90 Å². The monoisotopic (exact) mass is 236 g/mol. The normalized spacial score (nSPS) is 14.6. The average Bonchev–Trinajstić information content (AvgIpc) is 3.08. The highest BCUT2D eigenvalue weighted by Gasteiger charge is 2.27. The summed E-state index contributed by atoms with van der Waals surface area (Å²) in [4.78, 5) is 10.6. The van der Waals surface area contributed by atoms with Gasteiger partial charge in [-0.2, -0.15) is 5.26 Å². The second-order valence-corrected chi connectivity index (χ2v) is 4.40. The fourth-order valence-corrected chi connectivity index (χ4v) is 1.66. The molecule has 1 aromatic rings. The van der Waals surface area contributed by atoms with Crippen molar-refractivity contribution < 1.29 is 0 Å². The van der Waals surface area contributed by atoms with Crippen LogP contribution in [0.3, 0.4) is 0 Å². The lowest BCUT2D eigenvalue weighted by Gasteiger charge is -2.17. The molecule has 0 spiro atoms. The molecule has 2 rings (SSSR count). The van der Waals surface area contributed by atoms with Gasteiger partial charge in [-0.25, -0.2) is 9.97 Å². The molecule has 0 amide bonds. The summed E-state index contributed by atoms with van der Waals surface area (Å²) in [7, 11) is 1.91. The van der Waals surface area contributed by atoms with Gasteiger partial charge in [0.25, 0.3) is 0 Å². The van der Waals surface area contributed by atoms with E-state index >= 15 is 0 Å². The van der Waals surface area contributed by atoms with E-state index in [1.807, 2.05) is 11.9 Å². The van der Waals surface area contributed by atoms with Gasteiger partial charge in [0.1, 0.15) is 16.8 Å². The Bertz CT molecular complexity index is 422. The van der Waals surface area contributed by atoms with E-state index in [1.54, 1.807) is 6.07 Å². The number of nitrogens with zero attached hydrogens (tertiary/aromatic N) is 4. The third-order valence-corrected chi connectivity index (χ3v) is 2.78. The van der Waals surface area contributed by atoms with Gasteiger partial charge in [0.15, 0.2) is 0 Å². The van der Waals surface area contributed by atoms with E-state index in [1.165, 1.54) is 0 Å². The van der Waals surface area contributed by atoms with Crippen molar-refractivity contribution >= 4 is 17.4 Å². The Hall–Kier alpha value is -1.34. The quantitative estimate of drug-likeness (QED) is 0.753. The summed E-state index contributed by atoms with van der Waals surface area (Å²) in [5, 5.41) is 9.02. The van der Waals surface area contributed by atoms with Gasteiger partial charge in [-0.15, -0.1) is 0 Å². The second-order valence-electron chi connectivity index (χ2n) is 4.01. The smallest absolute Gasteiger partial charge is 0.135 e. The maximum atomic E-state index is 8.53. The molecule has 4 nitrogen and oxygen atoms in total. The molecule has 0 unspecified atom stereocenters. The topological polar surface area (TPSA) is 52.8 Å². The van der Waals surface area contributed by atoms with Crippen molar-refractivity contribution in [2.75, 3.05) is 18.5 Å². The lowest BCUT2D eigenvalue weighted by atomic mass is 10.3. The van der Waals surface area contributed by atoms with E-state index in [4.69, 9.17) is 16.9 Å². The summed E-state index contributed by atoms with van der Waals surface area (Å²) in [6.07, 6.45) is 2.79. The lowest BCUT2D eigenvalue weighted by Crippen LogP contribution is -2.20. The molecule has 0 radical (unpaired) electrons. The number of anilines is 1. The van der Waals surface area contributed by atoms with Gasteiger partial charge in [0, 0.05) is 25.6 Å². The highest BCUT2D eigenvalue weighted by atomic mass is 35.5. The van der Waals surface area contributed by atoms with Crippen molar-refractivity contribution in [1.29, 1.82) is 5.26 Å². The Morgan fingerprint density at radius 3 is 2.94 bits per heavy atom. The van der Waals surface area contributed by atoms with Crippen LogP contribution in [0.4, 0.5) is 5.82 Å². The minimum absolute atomic E-state index is 0.482. The molecule has 0 N–H and O–H groups in total. The van der Waals surface area contributed by atoms with Crippen LogP contribution in [0.1, 0.15) is 31.0 Å². The molecule has 0 bridgehead atoms. The molecule has 16 heavy (non-hydrogen) atoms. The first-order chi connectivity index (χ1) is 7.70. The van der Waals surface area contributed by atoms with E-state index in [0.717, 1.165) is 24.5 Å². The van der Waals surface area contributed by atoms with Gasteiger partial charge in [0.2, 0.25) is 0 Å². The van der Waals surface area contributed by atoms with Crippen molar-refractivity contribution in [3.63, 3.8) is 0 Å². The molecule has 0 aliphatic heterocycles. The standard InChI is InChI=1S/C11H13ClN4/c1-16(6-2-5-13)10-7-9(12)14-11(15-10)8-3-4-8/h7-8H,2-4,6H2,1H3. The fraction of sp³-hybridized carbons (Fsp3) is 0.545. The summed E-state index contributed by atoms with van der Waals surface area (Å²) in [6.45, 7) is 0.661. The molecular weight excluding hydrogens is 224 g/mol. The second kappa shape index (κ2) is 4.67. The first-order valence-corrected chi connectivity index (χ1v) is 5.71. The highest BCUT2D eigenvalue weighted by Crippen LogP contribution is 2.38. The molecule has 0 atom stereocenters. The molecular formula is C11H13ClN4. The number of hydrogen-bond acceptors (Lipinski definition) is 4. The van der Waals surface area contributed by atoms with Gasteiger partial charge < -0.3 is 4.90 Å². The molecule has 5 heteroatoms. The van der Waals surface area contributed by atoms with Crippen molar-refractivity contribution in [2.24, 2.45) is 0 Å². The van der Waals surface area contributed by atoms with E-state index in [-0.39, 0.29) is 0 Å². The summed E-state index contributed by atoms with van der Waals surface area (Å²) in [6, 6.07) is 3.86. The molecule has 1 aromatic heterocycles. The van der Waals surface area contributed by atoms with Crippen molar-refractivity contribution in [2.45, 2.75) is 25.2 Å². The first-order valence-electron chi connectivity index (χ1n) is 5.33. The minimum Gasteiger partial charge on any atom is -0.358 e. The predicted octanol–water partition coefficient (Wildman–Crippen LogP) is 2.36. The van der Waals surface area contributed by atoms with Crippen molar-refractivity contribution in [3.8, 4) is 6.07 Å². The molecule has 1 saturated carbocycles. The van der Waals surface area contributed by atoms with Crippen molar-refractivity contribution in [3.05, 3.63) is 17.0 Å². The van der Waals surface area contributed by atoms with Gasteiger partial charge in [-0.05, 0) is 12.8 Å². The zero-order chi connectivity index (χ0) is 11.5. The van der Waals surface area contributed by atoms with Gasteiger partial charge in [0.05, 0.1) is 12.5 Å². The van der Waals surface area contributed by atoms with Gasteiger partial charge >= 0.3 is 0 Å². The maximum absolute atomic E-state index is 8.53. The summed E-state index contributed by atoms with van der Waals surface area (Å²) < 4.78 is 0. The lowest BCUT2D eigenvalue weighted by molar-refractivity contribution is 0.849. The minimum atomic E-state index is 0.482. The molecule has 0 aromatic carbocycles. The van der Waals surface area contributed by atoms with Crippen LogP contribution in [-0.4, -0.2) is 23.6 Å². The van der Waals surface area contributed by atoms with Crippen LogP contribution in [0.2, 0.25) is 5.15 Å². The third-order valence-electron chi connectivity index (χ3n) is 2.59. The van der Waals surface area contributed by atoms with Gasteiger partial charge in [-0.1, -0.05) is 11.6 Å². The number of halogens is 1. The Labute approximate surface area is 99.9 Å². The fourth-order valence-electron chi connectivity index (χ4n) is 1.47. The van der Waals surface area contributed by atoms with Gasteiger partial charge in [-0.3, -0.25) is 0 Å². The maximum Gasteiger partial charge on any atom is 0.135 e. The van der Waals surface area contributed by atoms with E-state index in [0.29, 0.717) is 24.0 Å². The summed E-state index contributed by atoms with van der Waals surface area (Å²) in [5.41, 5.74) is 0. The zero-order valence-electron chi connectivity index (χ0n) is 9.15. The largest absolute Gasteiger partial charge is 0.358 e. The summed E-state index contributed by atoms with van der Waals surface area (Å²) in [5.74, 6) is 2.13. The number of aromatic nitrogens is 2. The number of rotatable bonds is 4. The zero-order valence-corrected chi connectivity index (χ0v) is 9.91. The van der Waals surface area contributed by atoms with Crippen molar-refractivity contribution in [1.82, 2.24) is 9.97 Å².